The SMILES string of the molecule is C[C@H]1COCCN1c1cc(C2(S(=O)(=O)CCCO)CCCC2)nc(-c2ccc(NC(=O)NCCC#N)cc2)n1. The van der Waals surface area contributed by atoms with Crippen molar-refractivity contribution in [2.24, 2.45) is 0 Å². The van der Waals surface area contributed by atoms with E-state index in [0.29, 0.717) is 61.2 Å². The number of sulfone groups is 1. The predicted octanol–water partition coefficient (Wildman–Crippen LogP) is 2.97. The Labute approximate surface area is 229 Å². The van der Waals surface area contributed by atoms with Crippen LogP contribution < -0.4 is 15.5 Å². The normalized spacial score (nSPS) is 18.9. The van der Waals surface area contributed by atoms with Gasteiger partial charge in [0.2, 0.25) is 0 Å². The molecule has 1 saturated heterocycles. The number of aliphatic hydroxyl groups is 1. The van der Waals surface area contributed by atoms with Crippen LogP contribution >= 0.6 is 0 Å². The van der Waals surface area contributed by atoms with E-state index >= 15 is 0 Å². The van der Waals surface area contributed by atoms with Crippen LogP contribution in [0.15, 0.2) is 30.3 Å². The maximum atomic E-state index is 13.7. The van der Waals surface area contributed by atoms with Crippen molar-refractivity contribution >= 4 is 27.4 Å². The van der Waals surface area contributed by atoms with Crippen molar-refractivity contribution in [2.75, 3.05) is 48.9 Å². The average Bonchev–Trinajstić information content (AvgIpc) is 3.45. The van der Waals surface area contributed by atoms with Crippen LogP contribution in [-0.2, 0) is 19.3 Å². The van der Waals surface area contributed by atoms with E-state index in [0.717, 1.165) is 12.8 Å². The highest BCUT2D eigenvalue weighted by atomic mass is 32.2. The van der Waals surface area contributed by atoms with Crippen LogP contribution in [0, 0.1) is 11.3 Å². The molecule has 39 heavy (non-hydrogen) atoms. The first-order valence-electron chi connectivity index (χ1n) is 13.4. The first-order chi connectivity index (χ1) is 18.8. The molecule has 1 saturated carbocycles. The minimum atomic E-state index is -3.59. The summed E-state index contributed by atoms with van der Waals surface area (Å²) >= 11 is 0. The Morgan fingerprint density at radius 2 is 2.00 bits per heavy atom. The summed E-state index contributed by atoms with van der Waals surface area (Å²) in [5.41, 5.74) is 1.75. The van der Waals surface area contributed by atoms with Crippen LogP contribution in [-0.4, -0.2) is 74.2 Å². The Hall–Kier alpha value is -3.27. The van der Waals surface area contributed by atoms with E-state index in [-0.39, 0.29) is 37.8 Å². The number of morpholine rings is 1. The van der Waals surface area contributed by atoms with Gasteiger partial charge in [0, 0.05) is 37.0 Å². The molecule has 2 aliphatic rings. The second-order valence-electron chi connectivity index (χ2n) is 10.0. The number of nitrogens with zero attached hydrogens (tertiary/aromatic N) is 4. The maximum absolute atomic E-state index is 13.7. The first kappa shape index (κ1) is 28.7. The number of amides is 2. The minimum absolute atomic E-state index is 0.0611. The molecule has 210 valence electrons. The summed E-state index contributed by atoms with van der Waals surface area (Å²) in [6.07, 6.45) is 2.96. The molecule has 0 bridgehead atoms. The van der Waals surface area contributed by atoms with Gasteiger partial charge in [-0.05, 0) is 50.5 Å². The molecule has 0 spiro atoms. The smallest absolute Gasteiger partial charge is 0.319 e. The van der Waals surface area contributed by atoms with Crippen molar-refractivity contribution in [1.29, 1.82) is 5.26 Å². The van der Waals surface area contributed by atoms with Gasteiger partial charge in [0.25, 0.3) is 0 Å². The monoisotopic (exact) mass is 556 g/mol. The van der Waals surface area contributed by atoms with Crippen molar-refractivity contribution < 1.29 is 23.1 Å². The Balaban J connectivity index is 1.72. The molecule has 2 heterocycles. The molecule has 1 aromatic heterocycles. The summed E-state index contributed by atoms with van der Waals surface area (Å²) in [5.74, 6) is 0.978. The largest absolute Gasteiger partial charge is 0.396 e. The van der Waals surface area contributed by atoms with Crippen molar-refractivity contribution in [3.8, 4) is 17.5 Å². The Kier molecular flexibility index (Phi) is 9.37. The molecule has 11 nitrogen and oxygen atoms in total. The van der Waals surface area contributed by atoms with Gasteiger partial charge in [0.1, 0.15) is 10.6 Å². The van der Waals surface area contributed by atoms with Gasteiger partial charge in [-0.3, -0.25) is 0 Å². The summed E-state index contributed by atoms with van der Waals surface area (Å²) in [5, 5.41) is 23.3. The summed E-state index contributed by atoms with van der Waals surface area (Å²) in [7, 11) is -3.59. The fraction of sp³-hybridized carbons (Fsp3) is 0.556. The lowest BCUT2D eigenvalue weighted by Gasteiger charge is -2.36. The van der Waals surface area contributed by atoms with Gasteiger partial charge >= 0.3 is 6.03 Å². The number of urea groups is 1. The van der Waals surface area contributed by atoms with Gasteiger partial charge in [-0.2, -0.15) is 5.26 Å². The van der Waals surface area contributed by atoms with Crippen LogP contribution in [0.1, 0.15) is 51.1 Å². The van der Waals surface area contributed by atoms with Crippen LogP contribution in [0.2, 0.25) is 0 Å². The van der Waals surface area contributed by atoms with Crippen molar-refractivity contribution in [3.05, 3.63) is 36.0 Å². The summed E-state index contributed by atoms with van der Waals surface area (Å²) in [6, 6.07) is 10.5. The molecule has 1 aromatic carbocycles. The van der Waals surface area contributed by atoms with E-state index in [9.17, 15) is 18.3 Å². The molecular weight excluding hydrogens is 520 g/mol. The van der Waals surface area contributed by atoms with Crippen LogP contribution in [0.25, 0.3) is 11.4 Å². The van der Waals surface area contributed by atoms with Gasteiger partial charge in [-0.1, -0.05) is 12.8 Å². The van der Waals surface area contributed by atoms with E-state index in [4.69, 9.17) is 20.0 Å². The van der Waals surface area contributed by atoms with Gasteiger partial charge in [-0.25, -0.2) is 23.2 Å². The summed E-state index contributed by atoms with van der Waals surface area (Å²) in [6.45, 7) is 3.85. The third kappa shape index (κ3) is 6.49. The zero-order valence-electron chi connectivity index (χ0n) is 22.2. The van der Waals surface area contributed by atoms with E-state index in [1.54, 1.807) is 24.3 Å². The molecule has 1 aliphatic heterocycles. The fourth-order valence-electron chi connectivity index (χ4n) is 5.24. The molecule has 3 N–H and O–H groups in total. The number of nitrogens with one attached hydrogen (secondary N) is 2. The standard InChI is InChI=1S/C27H36N6O5S/c1-20-19-38-16-14-33(20)24-18-23(27(10-2-3-11-27)39(36,37)17-5-15-34)31-25(32-24)21-6-8-22(9-7-21)30-26(35)29-13-4-12-28/h6-9,18,20,34H,2-5,10-11,13-17,19H2,1H3,(H2,29,30,35)/t20-/m0/s1. The molecule has 0 unspecified atom stereocenters. The zero-order valence-corrected chi connectivity index (χ0v) is 23.0. The molecule has 2 amide bonds. The second-order valence-corrected chi connectivity index (χ2v) is 12.4. The molecule has 2 fully saturated rings. The van der Waals surface area contributed by atoms with Crippen LogP contribution in [0.3, 0.4) is 0 Å². The van der Waals surface area contributed by atoms with Crippen molar-refractivity contribution in [2.45, 2.75) is 56.2 Å². The predicted molar refractivity (Wildman–Crippen MR) is 148 cm³/mol. The number of benzene rings is 1. The van der Waals surface area contributed by atoms with E-state index in [1.807, 2.05) is 19.1 Å². The lowest BCUT2D eigenvalue weighted by molar-refractivity contribution is 0.0985. The van der Waals surface area contributed by atoms with E-state index in [2.05, 4.69) is 15.5 Å². The van der Waals surface area contributed by atoms with E-state index in [1.165, 1.54) is 0 Å². The van der Waals surface area contributed by atoms with Crippen LogP contribution in [0.5, 0.6) is 0 Å². The average molecular weight is 557 g/mol. The minimum Gasteiger partial charge on any atom is -0.396 e. The summed E-state index contributed by atoms with van der Waals surface area (Å²) in [4.78, 5) is 23.9. The number of ether oxygens (including phenoxy) is 1. The number of carbonyl (C=O) groups excluding carboxylic acids is 1. The topological polar surface area (TPSA) is 158 Å². The quantitative estimate of drug-likeness (QED) is 0.374. The van der Waals surface area contributed by atoms with Gasteiger partial charge < -0.3 is 25.4 Å². The molecule has 12 heteroatoms. The van der Waals surface area contributed by atoms with Crippen molar-refractivity contribution in [1.82, 2.24) is 15.3 Å². The fourth-order valence-corrected chi connectivity index (χ4v) is 7.48. The number of aliphatic hydroxyl groups excluding tert-OH is 1. The number of hydrogen-bond acceptors (Lipinski definition) is 9. The highest BCUT2D eigenvalue weighted by molar-refractivity contribution is 7.92. The molecular formula is C27H36N6O5S. The molecule has 0 radical (unpaired) electrons. The maximum Gasteiger partial charge on any atom is 0.319 e. The Morgan fingerprint density at radius 1 is 1.26 bits per heavy atom. The van der Waals surface area contributed by atoms with Crippen molar-refractivity contribution in [3.63, 3.8) is 0 Å². The first-order valence-corrected chi connectivity index (χ1v) is 15.0. The highest BCUT2D eigenvalue weighted by Gasteiger charge is 2.48. The highest BCUT2D eigenvalue weighted by Crippen LogP contribution is 2.46. The zero-order chi connectivity index (χ0) is 27.9. The van der Waals surface area contributed by atoms with Gasteiger partial charge in [-0.15, -0.1) is 0 Å². The third-order valence-electron chi connectivity index (χ3n) is 7.34. The van der Waals surface area contributed by atoms with Crippen LogP contribution in [0.4, 0.5) is 16.3 Å². The number of hydrogen-bond donors (Lipinski definition) is 3. The lowest BCUT2D eigenvalue weighted by atomic mass is 10.0. The summed E-state index contributed by atoms with van der Waals surface area (Å²) < 4.78 is 31.9. The lowest BCUT2D eigenvalue weighted by Crippen LogP contribution is -2.44. The van der Waals surface area contributed by atoms with E-state index < -0.39 is 20.6 Å². The second kappa shape index (κ2) is 12.7. The molecule has 1 aliphatic carbocycles. The number of rotatable bonds is 10. The van der Waals surface area contributed by atoms with Gasteiger partial charge in [0.15, 0.2) is 15.7 Å². The molecule has 4 rings (SSSR count). The number of aromatic nitrogens is 2. The van der Waals surface area contributed by atoms with Gasteiger partial charge in [0.05, 0.1) is 43.2 Å². The third-order valence-corrected chi connectivity index (χ3v) is 9.98. The molecule has 2 aromatic rings. The Bertz CT molecular complexity index is 1290. The number of nitriles is 1. The number of anilines is 2. The Morgan fingerprint density at radius 3 is 2.67 bits per heavy atom. The molecule has 1 atom stereocenters. The number of carbonyl (C=O) groups is 1.